The fraction of sp³-hybridized carbons (Fsp3) is 0.550. The summed E-state index contributed by atoms with van der Waals surface area (Å²) < 4.78 is 0. The first-order valence-electron chi connectivity index (χ1n) is 19.1. The van der Waals surface area contributed by atoms with Crippen LogP contribution in [0.15, 0.2) is 48.2 Å². The van der Waals surface area contributed by atoms with Crippen LogP contribution >= 0.6 is 11.6 Å². The number of allylic oxidation sites excluding steroid dienone is 2. The molecular formula is C40H50ClN7O4. The zero-order chi connectivity index (χ0) is 36.0. The Hall–Kier alpha value is -3.93. The number of nitrogens with one attached hydrogen (secondary N) is 1. The quantitative estimate of drug-likeness (QED) is 0.340. The highest BCUT2D eigenvalue weighted by molar-refractivity contribution is 6.22. The number of piperazine rings is 1. The second kappa shape index (κ2) is 14.5. The molecule has 6 aliphatic rings. The van der Waals surface area contributed by atoms with Crippen molar-refractivity contribution in [1.82, 2.24) is 29.8 Å². The highest BCUT2D eigenvalue weighted by atomic mass is 35.5. The highest BCUT2D eigenvalue weighted by Crippen LogP contribution is 2.42. The highest BCUT2D eigenvalue weighted by Gasteiger charge is 2.43. The summed E-state index contributed by atoms with van der Waals surface area (Å²) >= 11 is 5.94. The smallest absolute Gasteiger partial charge is 0.261 e. The van der Waals surface area contributed by atoms with Gasteiger partial charge in [0.25, 0.3) is 17.7 Å². The molecule has 4 fully saturated rings. The van der Waals surface area contributed by atoms with Crippen molar-refractivity contribution in [2.75, 3.05) is 82.8 Å². The van der Waals surface area contributed by atoms with Gasteiger partial charge in [-0.3, -0.25) is 29.0 Å². The van der Waals surface area contributed by atoms with Crippen molar-refractivity contribution >= 4 is 40.9 Å². The minimum absolute atomic E-state index is 0.0199. The number of imide groups is 1. The molecule has 0 aromatic heterocycles. The minimum atomic E-state index is -0.219. The van der Waals surface area contributed by atoms with E-state index < -0.39 is 0 Å². The van der Waals surface area contributed by atoms with Crippen LogP contribution in [-0.2, 0) is 17.9 Å². The Labute approximate surface area is 311 Å². The van der Waals surface area contributed by atoms with Gasteiger partial charge in [-0.25, -0.2) is 0 Å². The molecule has 2 aromatic rings. The van der Waals surface area contributed by atoms with Crippen molar-refractivity contribution in [1.29, 1.82) is 0 Å². The number of carbonyl (C=O) groups is 4. The van der Waals surface area contributed by atoms with Crippen LogP contribution in [0.1, 0.15) is 81.2 Å². The molecule has 0 aliphatic carbocycles. The SMILES string of the molecule is C/C(=C\CCl)N1CCC2(CCN(c3ccc(C(=O)N4CCN(CC(=O)N5Cc6cc7c(cc6C5)C(=O)N(C5CCCNC5)C7=O)CC4)cc3)CC2)C1. The van der Waals surface area contributed by atoms with E-state index in [1.165, 1.54) is 35.5 Å². The second-order valence-corrected chi connectivity index (χ2v) is 16.0. The number of carbonyl (C=O) groups excluding carboxylic acids is 4. The number of benzene rings is 2. The number of fused-ring (bicyclic) bond motifs is 2. The van der Waals surface area contributed by atoms with Crippen LogP contribution < -0.4 is 10.2 Å². The second-order valence-electron chi connectivity index (χ2n) is 15.7. The van der Waals surface area contributed by atoms with Crippen molar-refractivity contribution in [3.63, 3.8) is 0 Å². The molecule has 6 aliphatic heterocycles. The molecular weight excluding hydrogens is 678 g/mol. The predicted octanol–water partition coefficient (Wildman–Crippen LogP) is 3.77. The van der Waals surface area contributed by atoms with Gasteiger partial charge in [0.15, 0.2) is 0 Å². The molecule has 11 nitrogen and oxygen atoms in total. The molecule has 0 bridgehead atoms. The molecule has 4 saturated heterocycles. The summed E-state index contributed by atoms with van der Waals surface area (Å²) in [7, 11) is 0. The van der Waals surface area contributed by atoms with Crippen molar-refractivity contribution in [3.8, 4) is 0 Å². The van der Waals surface area contributed by atoms with Gasteiger partial charge in [-0.1, -0.05) is 6.08 Å². The first-order chi connectivity index (χ1) is 25.2. The first kappa shape index (κ1) is 35.1. The van der Waals surface area contributed by atoms with Gasteiger partial charge in [-0.15, -0.1) is 11.6 Å². The summed E-state index contributed by atoms with van der Waals surface area (Å²) in [6, 6.07) is 11.7. The third-order valence-electron chi connectivity index (χ3n) is 12.6. The van der Waals surface area contributed by atoms with Gasteiger partial charge in [-0.2, -0.15) is 0 Å². The maximum atomic E-state index is 13.4. The summed E-state index contributed by atoms with van der Waals surface area (Å²) in [6.07, 6.45) is 7.47. The maximum absolute atomic E-state index is 13.4. The fourth-order valence-corrected chi connectivity index (χ4v) is 9.46. The number of rotatable bonds is 7. The number of halogens is 1. The minimum Gasteiger partial charge on any atom is -0.375 e. The van der Waals surface area contributed by atoms with Crippen molar-refractivity contribution in [2.24, 2.45) is 5.41 Å². The number of hydrogen-bond donors (Lipinski definition) is 1. The molecule has 1 spiro atoms. The number of alkyl halides is 1. The number of piperidine rings is 2. The number of nitrogens with zero attached hydrogens (tertiary/aromatic N) is 6. The lowest BCUT2D eigenvalue weighted by molar-refractivity contribution is -0.133. The van der Waals surface area contributed by atoms with E-state index in [1.54, 1.807) is 0 Å². The molecule has 0 saturated carbocycles. The Balaban J connectivity index is 0.796. The molecule has 1 unspecified atom stereocenters. The van der Waals surface area contributed by atoms with E-state index in [0.29, 0.717) is 73.8 Å². The van der Waals surface area contributed by atoms with Crippen LogP contribution in [0.25, 0.3) is 0 Å². The van der Waals surface area contributed by atoms with E-state index in [0.717, 1.165) is 56.7 Å². The average Bonchev–Trinajstić information content (AvgIpc) is 3.86. The van der Waals surface area contributed by atoms with Gasteiger partial charge < -0.3 is 24.9 Å². The lowest BCUT2D eigenvalue weighted by Crippen LogP contribution is -2.51. The topological polar surface area (TPSA) is 99.8 Å². The van der Waals surface area contributed by atoms with E-state index in [-0.39, 0.29) is 36.2 Å². The van der Waals surface area contributed by atoms with Crippen LogP contribution in [0.2, 0.25) is 0 Å². The lowest BCUT2D eigenvalue weighted by Gasteiger charge is -2.40. The summed E-state index contributed by atoms with van der Waals surface area (Å²) in [5, 5.41) is 3.30. The summed E-state index contributed by atoms with van der Waals surface area (Å²) in [5.74, 6) is 0.176. The van der Waals surface area contributed by atoms with Crippen LogP contribution in [0.5, 0.6) is 0 Å². The third kappa shape index (κ3) is 6.71. The Morgan fingerprint density at radius 1 is 0.865 bits per heavy atom. The summed E-state index contributed by atoms with van der Waals surface area (Å²) in [4.78, 5) is 65.6. The molecule has 6 heterocycles. The Kier molecular flexibility index (Phi) is 9.78. The third-order valence-corrected chi connectivity index (χ3v) is 12.7. The molecule has 1 N–H and O–H groups in total. The van der Waals surface area contributed by atoms with E-state index in [9.17, 15) is 19.2 Å². The number of anilines is 1. The average molecular weight is 728 g/mol. The normalized spacial score (nSPS) is 23.5. The predicted molar refractivity (Wildman–Crippen MR) is 200 cm³/mol. The van der Waals surface area contributed by atoms with Crippen LogP contribution in [0, 0.1) is 5.41 Å². The van der Waals surface area contributed by atoms with Crippen molar-refractivity contribution in [2.45, 2.75) is 58.2 Å². The fourth-order valence-electron chi connectivity index (χ4n) is 9.24. The Morgan fingerprint density at radius 2 is 1.52 bits per heavy atom. The van der Waals surface area contributed by atoms with Gasteiger partial charge in [0.2, 0.25) is 5.91 Å². The zero-order valence-corrected chi connectivity index (χ0v) is 31.0. The molecule has 1 atom stereocenters. The molecule has 52 heavy (non-hydrogen) atoms. The number of hydrogen-bond acceptors (Lipinski definition) is 8. The molecule has 12 heteroatoms. The van der Waals surface area contributed by atoms with Crippen molar-refractivity contribution < 1.29 is 19.2 Å². The van der Waals surface area contributed by atoms with E-state index in [2.05, 4.69) is 45.1 Å². The zero-order valence-electron chi connectivity index (χ0n) is 30.2. The molecule has 2 aromatic carbocycles. The Morgan fingerprint density at radius 3 is 2.13 bits per heavy atom. The molecule has 4 amide bonds. The molecule has 8 rings (SSSR count). The van der Waals surface area contributed by atoms with Gasteiger partial charge in [0, 0.05) is 94.8 Å². The van der Waals surface area contributed by atoms with E-state index >= 15 is 0 Å². The van der Waals surface area contributed by atoms with Gasteiger partial charge >= 0.3 is 0 Å². The van der Waals surface area contributed by atoms with Crippen LogP contribution in [0.3, 0.4) is 0 Å². The summed E-state index contributed by atoms with van der Waals surface area (Å²) in [5.41, 5.74) is 6.35. The van der Waals surface area contributed by atoms with Gasteiger partial charge in [0.05, 0.1) is 23.7 Å². The van der Waals surface area contributed by atoms with Gasteiger partial charge in [-0.05, 0) is 98.5 Å². The standard InChI is InChI=1S/C40H50ClN7O4/c1-28(8-12-41)46-16-11-40(27-46)9-14-44(15-10-40)32-6-4-29(5-7-32)37(50)45-19-17-43(18-20-45)26-36(49)47-24-30-21-34-35(22-31(30)25-47)39(52)48(38(34)51)33-3-2-13-42-23-33/h4-8,21-22,33,42H,2-3,9-20,23-27H2,1H3/b28-8+. The lowest BCUT2D eigenvalue weighted by atomic mass is 9.77. The van der Waals surface area contributed by atoms with E-state index in [4.69, 9.17) is 11.6 Å². The summed E-state index contributed by atoms with van der Waals surface area (Å²) in [6.45, 7) is 11.6. The van der Waals surface area contributed by atoms with Crippen LogP contribution in [-0.4, -0.2) is 132 Å². The maximum Gasteiger partial charge on any atom is 0.261 e. The largest absolute Gasteiger partial charge is 0.375 e. The van der Waals surface area contributed by atoms with Gasteiger partial charge in [0.1, 0.15) is 0 Å². The van der Waals surface area contributed by atoms with Crippen LogP contribution in [0.4, 0.5) is 5.69 Å². The first-order valence-corrected chi connectivity index (χ1v) is 19.6. The monoisotopic (exact) mass is 727 g/mol. The molecule has 276 valence electrons. The Bertz CT molecular complexity index is 1710. The number of likely N-dealkylation sites (tertiary alicyclic amines) is 1. The molecule has 0 radical (unpaired) electrons. The number of amides is 4. The van der Waals surface area contributed by atoms with Crippen molar-refractivity contribution in [3.05, 3.63) is 76.0 Å². The van der Waals surface area contributed by atoms with E-state index in [1.807, 2.05) is 34.1 Å².